The van der Waals surface area contributed by atoms with Gasteiger partial charge in [-0.05, 0) is 12.8 Å². The fraction of sp³-hybridized carbons (Fsp3) is 0.955. The number of rotatable bonds is 42. The van der Waals surface area contributed by atoms with Crippen LogP contribution in [0.2, 0.25) is 0 Å². The van der Waals surface area contributed by atoms with Crippen molar-refractivity contribution in [3.05, 3.63) is 0 Å². The van der Waals surface area contributed by atoms with Crippen LogP contribution in [-0.2, 0) is 23.2 Å². The SMILES string of the molecule is CCCCCCCCCCCCCCCCCC(=O)C(O)(C(=O)CCCCCCCCCCCCCCCCC)[C@@H](O)COP(=O)([O-])OCC[N+](C)(C)C. The molecule has 0 spiro atoms. The van der Waals surface area contributed by atoms with Gasteiger partial charge < -0.3 is 28.6 Å². The smallest absolute Gasteiger partial charge is 0.268 e. The molecule has 0 bridgehead atoms. The first-order chi connectivity index (χ1) is 25.8. The summed E-state index contributed by atoms with van der Waals surface area (Å²) in [6, 6.07) is 0. The number of aliphatic hydroxyl groups is 2. The van der Waals surface area contributed by atoms with Crippen LogP contribution in [0.25, 0.3) is 0 Å². The highest BCUT2D eigenvalue weighted by molar-refractivity contribution is 7.45. The zero-order valence-electron chi connectivity index (χ0n) is 36.1. The average molecular weight is 790 g/mol. The molecule has 0 saturated carbocycles. The maximum absolute atomic E-state index is 13.4. The van der Waals surface area contributed by atoms with E-state index in [4.69, 9.17) is 9.05 Å². The second-order valence-electron chi connectivity index (χ2n) is 17.1. The number of ketones is 2. The van der Waals surface area contributed by atoms with Gasteiger partial charge in [0.1, 0.15) is 19.3 Å². The summed E-state index contributed by atoms with van der Waals surface area (Å²) in [6.45, 7) is 3.84. The number of hydrogen-bond donors (Lipinski definition) is 2. The van der Waals surface area contributed by atoms with E-state index < -0.39 is 37.7 Å². The number of aliphatic hydroxyl groups excluding tert-OH is 1. The van der Waals surface area contributed by atoms with E-state index in [1.54, 1.807) is 0 Å². The Balaban J connectivity index is 4.68. The molecule has 0 aromatic rings. The van der Waals surface area contributed by atoms with E-state index in [0.717, 1.165) is 51.4 Å². The number of hydrogen-bond acceptors (Lipinski definition) is 8. The van der Waals surface area contributed by atoms with Crippen LogP contribution < -0.4 is 4.89 Å². The lowest BCUT2D eigenvalue weighted by Gasteiger charge is -2.32. The number of quaternary nitrogens is 1. The van der Waals surface area contributed by atoms with Gasteiger partial charge in [-0.15, -0.1) is 0 Å². The quantitative estimate of drug-likeness (QED) is 0.0270. The lowest BCUT2D eigenvalue weighted by atomic mass is 9.82. The summed E-state index contributed by atoms with van der Waals surface area (Å²) in [6.07, 6.45) is 33.2. The highest BCUT2D eigenvalue weighted by Gasteiger charge is 2.49. The molecule has 0 aliphatic heterocycles. The van der Waals surface area contributed by atoms with Gasteiger partial charge in [0, 0.05) is 12.8 Å². The number of carbonyl (C=O) groups is 2. The Hall–Kier alpha value is -0.670. The van der Waals surface area contributed by atoms with E-state index in [2.05, 4.69) is 13.8 Å². The third kappa shape index (κ3) is 30.5. The van der Waals surface area contributed by atoms with Gasteiger partial charge in [-0.2, -0.15) is 0 Å². The van der Waals surface area contributed by atoms with Crippen LogP contribution in [0.15, 0.2) is 0 Å². The predicted molar refractivity (Wildman–Crippen MR) is 222 cm³/mol. The summed E-state index contributed by atoms with van der Waals surface area (Å²) in [5.41, 5.74) is -2.71. The minimum Gasteiger partial charge on any atom is -0.756 e. The van der Waals surface area contributed by atoms with Gasteiger partial charge >= 0.3 is 0 Å². The topological polar surface area (TPSA) is 133 Å². The fourth-order valence-corrected chi connectivity index (χ4v) is 7.67. The number of nitrogens with zero attached hydrogens (tertiary/aromatic N) is 1. The van der Waals surface area contributed by atoms with Crippen molar-refractivity contribution in [2.75, 3.05) is 40.9 Å². The molecule has 0 aliphatic rings. The summed E-state index contributed by atoms with van der Waals surface area (Å²) in [4.78, 5) is 39.1. The molecule has 0 aromatic carbocycles. The van der Waals surface area contributed by atoms with Gasteiger partial charge in [0.05, 0.1) is 27.7 Å². The van der Waals surface area contributed by atoms with Crippen molar-refractivity contribution < 1.29 is 42.8 Å². The van der Waals surface area contributed by atoms with E-state index in [9.17, 15) is 29.3 Å². The van der Waals surface area contributed by atoms with E-state index in [1.165, 1.54) is 128 Å². The van der Waals surface area contributed by atoms with Crippen molar-refractivity contribution in [1.82, 2.24) is 0 Å². The fourth-order valence-electron chi connectivity index (χ4n) is 6.97. The summed E-state index contributed by atoms with van der Waals surface area (Å²) in [5.74, 6) is -1.54. The second-order valence-corrected chi connectivity index (χ2v) is 18.5. The van der Waals surface area contributed by atoms with Crippen LogP contribution in [0.4, 0.5) is 0 Å². The summed E-state index contributed by atoms with van der Waals surface area (Å²) in [5, 5.41) is 22.4. The van der Waals surface area contributed by atoms with Crippen LogP contribution in [0, 0.1) is 0 Å². The van der Waals surface area contributed by atoms with Crippen LogP contribution >= 0.6 is 7.82 Å². The molecule has 0 aromatic heterocycles. The third-order valence-corrected chi connectivity index (χ3v) is 11.7. The minimum atomic E-state index is -4.82. The van der Waals surface area contributed by atoms with Crippen molar-refractivity contribution in [2.45, 2.75) is 231 Å². The highest BCUT2D eigenvalue weighted by Crippen LogP contribution is 2.39. The molecule has 0 heterocycles. The molecule has 10 heteroatoms. The number of unbranched alkanes of at least 4 members (excludes halogenated alkanes) is 28. The Bertz CT molecular complexity index is 894. The van der Waals surface area contributed by atoms with E-state index in [-0.39, 0.29) is 19.4 Å². The monoisotopic (exact) mass is 790 g/mol. The molecule has 0 fully saturated rings. The highest BCUT2D eigenvalue weighted by atomic mass is 31.2. The molecule has 0 aliphatic carbocycles. The van der Waals surface area contributed by atoms with Crippen LogP contribution in [0.1, 0.15) is 219 Å². The van der Waals surface area contributed by atoms with Crippen molar-refractivity contribution in [3.8, 4) is 0 Å². The first-order valence-electron chi connectivity index (χ1n) is 22.7. The molecule has 322 valence electrons. The maximum atomic E-state index is 13.4. The Labute approximate surface area is 333 Å². The number of phosphoric ester groups is 1. The van der Waals surface area contributed by atoms with Gasteiger partial charge in [-0.1, -0.05) is 194 Å². The first kappa shape index (κ1) is 53.3. The number of carbonyl (C=O) groups excluding carboxylic acids is 2. The predicted octanol–water partition coefficient (Wildman–Crippen LogP) is 10.9. The number of likely N-dealkylation sites (N-methyl/N-ethyl adjacent to an activating group) is 1. The zero-order valence-corrected chi connectivity index (χ0v) is 37.0. The van der Waals surface area contributed by atoms with Crippen molar-refractivity contribution >= 4 is 19.4 Å². The third-order valence-electron chi connectivity index (χ3n) is 10.7. The van der Waals surface area contributed by atoms with Gasteiger partial charge in [-0.25, -0.2) is 0 Å². The molecule has 0 radical (unpaired) electrons. The Kier molecular flexibility index (Phi) is 34.0. The van der Waals surface area contributed by atoms with Gasteiger partial charge in [0.25, 0.3) is 7.82 Å². The van der Waals surface area contributed by atoms with Gasteiger partial charge in [0.2, 0.25) is 5.60 Å². The van der Waals surface area contributed by atoms with Crippen LogP contribution in [0.3, 0.4) is 0 Å². The zero-order chi connectivity index (χ0) is 40.4. The van der Waals surface area contributed by atoms with E-state index in [0.29, 0.717) is 23.9 Å². The molecule has 0 saturated heterocycles. The molecule has 54 heavy (non-hydrogen) atoms. The van der Waals surface area contributed by atoms with Crippen LogP contribution in [-0.4, -0.2) is 78.9 Å². The van der Waals surface area contributed by atoms with Gasteiger partial charge in [-0.3, -0.25) is 14.2 Å². The molecule has 2 N–H and O–H groups in total. The number of Topliss-reactive ketones (excluding diaryl/α,β-unsaturated/α-hetero) is 2. The summed E-state index contributed by atoms with van der Waals surface area (Å²) in [7, 11) is 0.839. The van der Waals surface area contributed by atoms with Crippen molar-refractivity contribution in [3.63, 3.8) is 0 Å². The van der Waals surface area contributed by atoms with Crippen LogP contribution in [0.5, 0.6) is 0 Å². The average Bonchev–Trinajstić information content (AvgIpc) is 3.12. The molecular formula is C44H88NO8P. The maximum Gasteiger partial charge on any atom is 0.268 e. The minimum absolute atomic E-state index is 0.0640. The molecule has 9 nitrogen and oxygen atoms in total. The Morgan fingerprint density at radius 1 is 0.556 bits per heavy atom. The molecular weight excluding hydrogens is 701 g/mol. The molecule has 1 unspecified atom stereocenters. The largest absolute Gasteiger partial charge is 0.756 e. The lowest BCUT2D eigenvalue weighted by Crippen LogP contribution is -2.57. The standard InChI is InChI=1S/C44H88NO8P/c1-6-8-10-12-14-16-18-20-22-24-26-28-30-32-34-36-41(46)44(49,43(48)40-53-54(50,51)52-39-38-45(3,4)5)42(47)37-35-33-31-29-27-25-23-21-19-17-15-13-11-9-7-2/h43,48-49H,6-40H2,1-5H3/t43-/m0/s1. The van der Waals surface area contributed by atoms with E-state index in [1.807, 2.05) is 21.1 Å². The molecule has 0 amide bonds. The van der Waals surface area contributed by atoms with Crippen molar-refractivity contribution in [2.24, 2.45) is 0 Å². The Morgan fingerprint density at radius 2 is 0.833 bits per heavy atom. The first-order valence-corrected chi connectivity index (χ1v) is 24.1. The Morgan fingerprint density at radius 3 is 1.11 bits per heavy atom. The van der Waals surface area contributed by atoms with Crippen molar-refractivity contribution in [1.29, 1.82) is 0 Å². The molecule has 0 rings (SSSR count). The number of phosphoric acid groups is 1. The van der Waals surface area contributed by atoms with E-state index >= 15 is 0 Å². The second kappa shape index (κ2) is 34.4. The van der Waals surface area contributed by atoms with Gasteiger partial charge in [0.15, 0.2) is 11.6 Å². The normalized spacial score (nSPS) is 14.0. The summed E-state index contributed by atoms with van der Waals surface area (Å²) >= 11 is 0. The lowest BCUT2D eigenvalue weighted by molar-refractivity contribution is -0.870. The summed E-state index contributed by atoms with van der Waals surface area (Å²) < 4.78 is 22.6. The molecule has 2 atom stereocenters.